The van der Waals surface area contributed by atoms with Crippen molar-refractivity contribution in [1.82, 2.24) is 10.6 Å². The Labute approximate surface area is 188 Å². The molecule has 3 amide bonds. The molecule has 0 spiro atoms. The lowest BCUT2D eigenvalue weighted by Crippen LogP contribution is -2.37. The molecular formula is C24H31N3O5. The number of nitrogens with one attached hydrogen (secondary N) is 3. The molecule has 2 aromatic rings. The molecule has 0 radical (unpaired) electrons. The Bertz CT molecular complexity index is 937. The van der Waals surface area contributed by atoms with Crippen LogP contribution in [0.3, 0.4) is 0 Å². The number of anilines is 1. The van der Waals surface area contributed by atoms with Crippen molar-refractivity contribution in [2.45, 2.75) is 45.8 Å². The van der Waals surface area contributed by atoms with E-state index in [9.17, 15) is 14.4 Å². The number of carbonyl (C=O) groups excluding carboxylic acids is 3. The van der Waals surface area contributed by atoms with Crippen LogP contribution in [0, 0.1) is 0 Å². The topological polar surface area (TPSA) is 106 Å². The molecule has 8 nitrogen and oxygen atoms in total. The summed E-state index contributed by atoms with van der Waals surface area (Å²) in [5.74, 6) is 0.311. The number of alkyl carbamates (subject to hydrolysis) is 1. The third-order valence-corrected chi connectivity index (χ3v) is 4.31. The van der Waals surface area contributed by atoms with Crippen molar-refractivity contribution in [2.75, 3.05) is 19.0 Å². The number of para-hydroxylation sites is 1. The molecule has 0 saturated heterocycles. The quantitative estimate of drug-likeness (QED) is 0.553. The molecule has 0 bridgehead atoms. The van der Waals surface area contributed by atoms with E-state index in [-0.39, 0.29) is 18.4 Å². The number of aryl methyl sites for hydroxylation is 1. The summed E-state index contributed by atoms with van der Waals surface area (Å²) in [7, 11) is 1.61. The highest BCUT2D eigenvalue weighted by molar-refractivity contribution is 5.93. The van der Waals surface area contributed by atoms with Gasteiger partial charge in [0, 0.05) is 18.7 Å². The SMILES string of the molecule is COc1ccccc1CCC(=O)NCc1cccc(NC(=O)CNC(=O)OC(C)(C)C)c1. The Morgan fingerprint density at radius 3 is 2.41 bits per heavy atom. The molecule has 2 aromatic carbocycles. The van der Waals surface area contributed by atoms with Gasteiger partial charge in [-0.1, -0.05) is 30.3 Å². The first-order valence-electron chi connectivity index (χ1n) is 10.4. The van der Waals surface area contributed by atoms with Crippen molar-refractivity contribution in [3.63, 3.8) is 0 Å². The first-order chi connectivity index (χ1) is 15.2. The van der Waals surface area contributed by atoms with Gasteiger partial charge < -0.3 is 25.4 Å². The van der Waals surface area contributed by atoms with Crippen LogP contribution in [0.2, 0.25) is 0 Å². The smallest absolute Gasteiger partial charge is 0.408 e. The van der Waals surface area contributed by atoms with E-state index in [0.29, 0.717) is 25.1 Å². The zero-order valence-corrected chi connectivity index (χ0v) is 19.0. The molecule has 2 rings (SSSR count). The summed E-state index contributed by atoms with van der Waals surface area (Å²) in [6, 6.07) is 14.8. The lowest BCUT2D eigenvalue weighted by molar-refractivity contribution is -0.121. The highest BCUT2D eigenvalue weighted by atomic mass is 16.6. The van der Waals surface area contributed by atoms with E-state index in [4.69, 9.17) is 9.47 Å². The van der Waals surface area contributed by atoms with Crippen LogP contribution in [0.15, 0.2) is 48.5 Å². The van der Waals surface area contributed by atoms with Crippen LogP contribution < -0.4 is 20.7 Å². The van der Waals surface area contributed by atoms with Crippen LogP contribution in [-0.2, 0) is 27.3 Å². The van der Waals surface area contributed by atoms with Crippen molar-refractivity contribution < 1.29 is 23.9 Å². The summed E-state index contributed by atoms with van der Waals surface area (Å²) in [6.45, 7) is 5.36. The molecule has 0 aromatic heterocycles. The molecule has 0 saturated carbocycles. The number of methoxy groups -OCH3 is 1. The van der Waals surface area contributed by atoms with Gasteiger partial charge >= 0.3 is 6.09 Å². The number of rotatable bonds is 9. The summed E-state index contributed by atoms with van der Waals surface area (Å²) >= 11 is 0. The summed E-state index contributed by atoms with van der Waals surface area (Å²) in [5, 5.41) is 8.01. The zero-order valence-electron chi connectivity index (χ0n) is 19.0. The standard InChI is InChI=1S/C24H31N3O5/c1-24(2,3)32-23(30)26-16-22(29)27-19-10-7-8-17(14-19)15-25-21(28)13-12-18-9-5-6-11-20(18)31-4/h5-11,14H,12-13,15-16H2,1-4H3,(H,25,28)(H,26,30)(H,27,29). The third kappa shape index (κ3) is 9.07. The lowest BCUT2D eigenvalue weighted by Gasteiger charge is -2.19. The maximum absolute atomic E-state index is 12.2. The van der Waals surface area contributed by atoms with Gasteiger partial charge in [-0.05, 0) is 56.5 Å². The minimum Gasteiger partial charge on any atom is -0.496 e. The van der Waals surface area contributed by atoms with Gasteiger partial charge in [0.15, 0.2) is 0 Å². The first kappa shape index (κ1) is 24.7. The van der Waals surface area contributed by atoms with Crippen molar-refractivity contribution in [1.29, 1.82) is 0 Å². The molecule has 3 N–H and O–H groups in total. The normalized spacial score (nSPS) is 10.8. The van der Waals surface area contributed by atoms with E-state index in [1.807, 2.05) is 30.3 Å². The van der Waals surface area contributed by atoms with Crippen molar-refractivity contribution in [2.24, 2.45) is 0 Å². The van der Waals surface area contributed by atoms with Crippen LogP contribution in [0.4, 0.5) is 10.5 Å². The summed E-state index contributed by atoms with van der Waals surface area (Å²) < 4.78 is 10.4. The van der Waals surface area contributed by atoms with Gasteiger partial charge in [-0.2, -0.15) is 0 Å². The second-order valence-electron chi connectivity index (χ2n) is 8.19. The van der Waals surface area contributed by atoms with Gasteiger partial charge in [0.05, 0.1) is 7.11 Å². The van der Waals surface area contributed by atoms with Crippen LogP contribution in [0.1, 0.15) is 38.3 Å². The van der Waals surface area contributed by atoms with E-state index in [1.54, 1.807) is 46.1 Å². The number of hydrogen-bond donors (Lipinski definition) is 3. The molecule has 0 fully saturated rings. The van der Waals surface area contributed by atoms with Crippen molar-refractivity contribution in [3.8, 4) is 5.75 Å². The highest BCUT2D eigenvalue weighted by Crippen LogP contribution is 2.18. The second-order valence-corrected chi connectivity index (χ2v) is 8.19. The zero-order chi connectivity index (χ0) is 23.6. The summed E-state index contributed by atoms with van der Waals surface area (Å²) in [6.07, 6.45) is 0.265. The fourth-order valence-electron chi connectivity index (χ4n) is 2.88. The van der Waals surface area contributed by atoms with E-state index in [2.05, 4.69) is 16.0 Å². The molecular weight excluding hydrogens is 410 g/mol. The van der Waals surface area contributed by atoms with Crippen molar-refractivity contribution >= 4 is 23.6 Å². The fraction of sp³-hybridized carbons (Fsp3) is 0.375. The molecule has 0 unspecified atom stereocenters. The van der Waals surface area contributed by atoms with Gasteiger partial charge in [-0.15, -0.1) is 0 Å². The highest BCUT2D eigenvalue weighted by Gasteiger charge is 2.16. The molecule has 0 aliphatic heterocycles. The largest absolute Gasteiger partial charge is 0.496 e. The van der Waals surface area contributed by atoms with Gasteiger partial charge in [-0.3, -0.25) is 9.59 Å². The van der Waals surface area contributed by atoms with Gasteiger partial charge in [0.2, 0.25) is 11.8 Å². The van der Waals surface area contributed by atoms with Crippen molar-refractivity contribution in [3.05, 3.63) is 59.7 Å². The number of hydrogen-bond acceptors (Lipinski definition) is 5. The van der Waals surface area contributed by atoms with E-state index >= 15 is 0 Å². The Morgan fingerprint density at radius 2 is 1.69 bits per heavy atom. The molecule has 0 heterocycles. The minimum atomic E-state index is -0.655. The Morgan fingerprint density at radius 1 is 0.938 bits per heavy atom. The lowest BCUT2D eigenvalue weighted by atomic mass is 10.1. The summed E-state index contributed by atoms with van der Waals surface area (Å²) in [5.41, 5.74) is 1.76. The molecule has 0 atom stereocenters. The molecule has 0 aliphatic rings. The molecule has 0 aliphatic carbocycles. The number of benzene rings is 2. The van der Waals surface area contributed by atoms with Crippen LogP contribution >= 0.6 is 0 Å². The van der Waals surface area contributed by atoms with E-state index < -0.39 is 11.7 Å². The fourth-order valence-corrected chi connectivity index (χ4v) is 2.88. The van der Waals surface area contributed by atoms with Gasteiger partial charge in [0.25, 0.3) is 0 Å². The van der Waals surface area contributed by atoms with Crippen LogP contribution in [-0.4, -0.2) is 37.2 Å². The monoisotopic (exact) mass is 441 g/mol. The van der Waals surface area contributed by atoms with Crippen LogP contribution in [0.25, 0.3) is 0 Å². The Hall–Kier alpha value is -3.55. The first-order valence-corrected chi connectivity index (χ1v) is 10.4. The van der Waals surface area contributed by atoms with Gasteiger partial charge in [-0.25, -0.2) is 4.79 Å². The predicted molar refractivity (Wildman–Crippen MR) is 122 cm³/mol. The molecule has 32 heavy (non-hydrogen) atoms. The Kier molecular flexibility index (Phi) is 9.07. The molecule has 172 valence electrons. The van der Waals surface area contributed by atoms with E-state index in [1.165, 1.54) is 0 Å². The van der Waals surface area contributed by atoms with Crippen LogP contribution in [0.5, 0.6) is 5.75 Å². The third-order valence-electron chi connectivity index (χ3n) is 4.31. The number of ether oxygens (including phenoxy) is 2. The van der Waals surface area contributed by atoms with E-state index in [0.717, 1.165) is 16.9 Å². The minimum absolute atomic E-state index is 0.0769. The number of amides is 3. The maximum atomic E-state index is 12.2. The Balaban J connectivity index is 1.78. The molecule has 8 heteroatoms. The average molecular weight is 442 g/mol. The predicted octanol–water partition coefficient (Wildman–Crippen LogP) is 3.41. The second kappa shape index (κ2) is 11.7. The number of carbonyl (C=O) groups is 3. The van der Waals surface area contributed by atoms with Gasteiger partial charge in [0.1, 0.15) is 17.9 Å². The average Bonchev–Trinajstić information content (AvgIpc) is 2.74. The summed E-state index contributed by atoms with van der Waals surface area (Å²) in [4.78, 5) is 35.9. The maximum Gasteiger partial charge on any atom is 0.408 e.